The zero-order valence-corrected chi connectivity index (χ0v) is 17.4. The summed E-state index contributed by atoms with van der Waals surface area (Å²) in [6.45, 7) is 7.34. The fraction of sp³-hybridized carbons (Fsp3) is 0.333. The molecule has 6 heteroatoms. The number of ketones is 1. The summed E-state index contributed by atoms with van der Waals surface area (Å²) in [5, 5.41) is 13.0. The van der Waals surface area contributed by atoms with Gasteiger partial charge in [0.15, 0.2) is 0 Å². The van der Waals surface area contributed by atoms with Crippen molar-refractivity contribution < 1.29 is 24.2 Å². The molecule has 0 heterocycles. The van der Waals surface area contributed by atoms with Crippen LogP contribution in [0.25, 0.3) is 0 Å². The van der Waals surface area contributed by atoms with E-state index in [9.17, 15) is 14.7 Å². The van der Waals surface area contributed by atoms with Crippen LogP contribution in [0.15, 0.2) is 73.3 Å². The monoisotopic (exact) mass is 411 g/mol. The zero-order chi connectivity index (χ0) is 21.9. The lowest BCUT2D eigenvalue weighted by Gasteiger charge is -2.25. The summed E-state index contributed by atoms with van der Waals surface area (Å²) in [7, 11) is 0. The molecule has 0 aliphatic carbocycles. The molecule has 0 aliphatic heterocycles. The topological polar surface area (TPSA) is 84.9 Å². The van der Waals surface area contributed by atoms with Crippen molar-refractivity contribution in [1.82, 2.24) is 0 Å². The Morgan fingerprint density at radius 3 is 2.23 bits per heavy atom. The Morgan fingerprint density at radius 1 is 1.03 bits per heavy atom. The summed E-state index contributed by atoms with van der Waals surface area (Å²) in [5.41, 5.74) is 1.57. The van der Waals surface area contributed by atoms with Gasteiger partial charge >= 0.3 is 6.09 Å². The number of aliphatic hydroxyl groups excluding tert-OH is 1. The first-order chi connectivity index (χ1) is 14.4. The molecule has 0 aliphatic rings. The number of carbonyl (C=O) groups is 2. The highest BCUT2D eigenvalue weighted by Gasteiger charge is 2.32. The highest BCUT2D eigenvalue weighted by molar-refractivity contribution is 5.87. The van der Waals surface area contributed by atoms with Crippen LogP contribution >= 0.6 is 0 Å². The SMILES string of the molecule is C=C[C@H](OC(=O)Nc1ccccc1)[C@H](C)C(=O)[C@@H](C)[C@H](O)COCc1ccccc1. The summed E-state index contributed by atoms with van der Waals surface area (Å²) in [5.74, 6) is -1.58. The molecule has 0 saturated heterocycles. The van der Waals surface area contributed by atoms with Crippen LogP contribution in [-0.4, -0.2) is 35.8 Å². The molecule has 0 unspecified atom stereocenters. The summed E-state index contributed by atoms with van der Waals surface area (Å²) in [6, 6.07) is 18.5. The van der Waals surface area contributed by atoms with Gasteiger partial charge < -0.3 is 14.6 Å². The third-order valence-electron chi connectivity index (χ3n) is 4.86. The van der Waals surface area contributed by atoms with E-state index in [1.807, 2.05) is 36.4 Å². The molecule has 6 nitrogen and oxygen atoms in total. The molecule has 0 spiro atoms. The van der Waals surface area contributed by atoms with E-state index in [1.165, 1.54) is 6.08 Å². The largest absolute Gasteiger partial charge is 0.441 e. The van der Waals surface area contributed by atoms with E-state index in [-0.39, 0.29) is 12.4 Å². The molecule has 160 valence electrons. The number of rotatable bonds is 11. The van der Waals surface area contributed by atoms with Gasteiger partial charge in [-0.3, -0.25) is 10.1 Å². The second kappa shape index (κ2) is 11.9. The van der Waals surface area contributed by atoms with Crippen LogP contribution in [0.2, 0.25) is 0 Å². The molecule has 2 N–H and O–H groups in total. The molecule has 2 rings (SSSR count). The van der Waals surface area contributed by atoms with Gasteiger partial charge in [-0.1, -0.05) is 75.0 Å². The Labute approximate surface area is 177 Å². The zero-order valence-electron chi connectivity index (χ0n) is 17.4. The van der Waals surface area contributed by atoms with Crippen molar-refractivity contribution in [3.63, 3.8) is 0 Å². The summed E-state index contributed by atoms with van der Waals surface area (Å²) in [4.78, 5) is 24.9. The van der Waals surface area contributed by atoms with Crippen molar-refractivity contribution in [2.75, 3.05) is 11.9 Å². The minimum Gasteiger partial charge on any atom is -0.441 e. The van der Waals surface area contributed by atoms with Crippen LogP contribution in [-0.2, 0) is 20.9 Å². The molecule has 4 atom stereocenters. The Morgan fingerprint density at radius 2 is 1.63 bits per heavy atom. The molecule has 0 aromatic heterocycles. The van der Waals surface area contributed by atoms with Gasteiger partial charge in [0.1, 0.15) is 11.9 Å². The normalized spacial score (nSPS) is 14.8. The van der Waals surface area contributed by atoms with E-state index in [1.54, 1.807) is 38.1 Å². The average molecular weight is 411 g/mol. The smallest absolute Gasteiger partial charge is 0.412 e. The second-order valence-corrected chi connectivity index (χ2v) is 7.14. The number of aliphatic hydroxyl groups is 1. The fourth-order valence-corrected chi connectivity index (χ4v) is 2.93. The molecule has 2 aromatic rings. The van der Waals surface area contributed by atoms with Gasteiger partial charge in [-0.05, 0) is 17.7 Å². The maximum absolute atomic E-state index is 12.8. The first-order valence-electron chi connectivity index (χ1n) is 9.91. The van der Waals surface area contributed by atoms with E-state index in [0.29, 0.717) is 12.3 Å². The van der Waals surface area contributed by atoms with E-state index in [2.05, 4.69) is 11.9 Å². The van der Waals surface area contributed by atoms with Crippen LogP contribution in [0.3, 0.4) is 0 Å². The quantitative estimate of drug-likeness (QED) is 0.541. The Kier molecular flexibility index (Phi) is 9.25. The van der Waals surface area contributed by atoms with Gasteiger partial charge in [0.2, 0.25) is 0 Å². The first kappa shape index (κ1) is 23.3. The van der Waals surface area contributed by atoms with Crippen LogP contribution < -0.4 is 5.32 Å². The molecule has 30 heavy (non-hydrogen) atoms. The first-order valence-corrected chi connectivity index (χ1v) is 9.91. The van der Waals surface area contributed by atoms with E-state index in [0.717, 1.165) is 5.56 Å². The Hall–Kier alpha value is -2.96. The van der Waals surface area contributed by atoms with Gasteiger partial charge in [-0.2, -0.15) is 0 Å². The van der Waals surface area contributed by atoms with E-state index < -0.39 is 30.1 Å². The maximum Gasteiger partial charge on any atom is 0.412 e. The number of ether oxygens (including phenoxy) is 2. The molecule has 1 amide bonds. The number of benzene rings is 2. The average Bonchev–Trinajstić information content (AvgIpc) is 2.77. The number of carbonyl (C=O) groups excluding carboxylic acids is 2. The molecule has 2 aromatic carbocycles. The number of para-hydroxylation sites is 1. The lowest BCUT2D eigenvalue weighted by Crippen LogP contribution is -2.38. The molecule has 0 bridgehead atoms. The van der Waals surface area contributed by atoms with Crippen LogP contribution in [0.1, 0.15) is 19.4 Å². The standard InChI is InChI=1S/C24H29NO5/c1-4-22(30-24(28)25-20-13-9-6-10-14-20)18(3)23(27)17(2)21(26)16-29-15-19-11-7-5-8-12-19/h4-14,17-18,21-22,26H,1,15-16H2,2-3H3,(H,25,28)/t17-,18-,21+,22-/m0/s1. The second-order valence-electron chi connectivity index (χ2n) is 7.14. The van der Waals surface area contributed by atoms with E-state index in [4.69, 9.17) is 9.47 Å². The third kappa shape index (κ3) is 7.13. The Bertz CT molecular complexity index is 809. The number of Topliss-reactive ketones (excluding diaryl/α,β-unsaturated/α-hetero) is 1. The van der Waals surface area contributed by atoms with Gasteiger partial charge in [0.05, 0.1) is 25.2 Å². The molecular formula is C24H29NO5. The summed E-state index contributed by atoms with van der Waals surface area (Å²) >= 11 is 0. The van der Waals surface area contributed by atoms with Gasteiger partial charge in [0.25, 0.3) is 0 Å². The van der Waals surface area contributed by atoms with Crippen molar-refractivity contribution in [3.8, 4) is 0 Å². The highest BCUT2D eigenvalue weighted by atomic mass is 16.6. The van der Waals surface area contributed by atoms with Crippen LogP contribution in [0, 0.1) is 11.8 Å². The van der Waals surface area contributed by atoms with Crippen molar-refractivity contribution in [2.45, 2.75) is 32.7 Å². The lowest BCUT2D eigenvalue weighted by atomic mass is 9.88. The highest BCUT2D eigenvalue weighted by Crippen LogP contribution is 2.19. The van der Waals surface area contributed by atoms with Crippen molar-refractivity contribution >= 4 is 17.6 Å². The summed E-state index contributed by atoms with van der Waals surface area (Å²) in [6.07, 6.45) is -1.04. The van der Waals surface area contributed by atoms with Crippen molar-refractivity contribution in [3.05, 3.63) is 78.9 Å². The fourth-order valence-electron chi connectivity index (χ4n) is 2.93. The molecule has 0 saturated carbocycles. The minimum atomic E-state index is -0.965. The predicted molar refractivity (Wildman–Crippen MR) is 116 cm³/mol. The third-order valence-corrected chi connectivity index (χ3v) is 4.86. The van der Waals surface area contributed by atoms with Gasteiger partial charge in [0, 0.05) is 11.6 Å². The Balaban J connectivity index is 1.84. The molecule has 0 fully saturated rings. The van der Waals surface area contributed by atoms with E-state index >= 15 is 0 Å². The van der Waals surface area contributed by atoms with Crippen LogP contribution in [0.5, 0.6) is 0 Å². The molecular weight excluding hydrogens is 382 g/mol. The molecule has 0 radical (unpaired) electrons. The predicted octanol–water partition coefficient (Wildman–Crippen LogP) is 4.21. The maximum atomic E-state index is 12.8. The van der Waals surface area contributed by atoms with Crippen molar-refractivity contribution in [2.24, 2.45) is 11.8 Å². The summed E-state index contributed by atoms with van der Waals surface area (Å²) < 4.78 is 10.9. The minimum absolute atomic E-state index is 0.0304. The van der Waals surface area contributed by atoms with Gasteiger partial charge in [-0.15, -0.1) is 0 Å². The number of amides is 1. The number of hydrogen-bond donors (Lipinski definition) is 2. The number of nitrogens with one attached hydrogen (secondary N) is 1. The number of anilines is 1. The van der Waals surface area contributed by atoms with Crippen molar-refractivity contribution in [1.29, 1.82) is 0 Å². The lowest BCUT2D eigenvalue weighted by molar-refractivity contribution is -0.133. The van der Waals surface area contributed by atoms with Gasteiger partial charge in [-0.25, -0.2) is 4.79 Å². The number of hydrogen-bond acceptors (Lipinski definition) is 5. The van der Waals surface area contributed by atoms with Crippen LogP contribution in [0.4, 0.5) is 10.5 Å².